The molecule has 0 atom stereocenters. The molecule has 0 aliphatic rings. The number of ether oxygens (including phenoxy) is 1. The molecule has 1 aromatic carbocycles. The van der Waals surface area contributed by atoms with E-state index in [-0.39, 0.29) is 25.2 Å². The van der Waals surface area contributed by atoms with Crippen LogP contribution in [0.3, 0.4) is 0 Å². The molecule has 2 rings (SSSR count). The minimum absolute atomic E-state index is 0.00242. The van der Waals surface area contributed by atoms with Crippen LogP contribution in [0.4, 0.5) is 0 Å². The molecule has 0 aliphatic heterocycles. The first kappa shape index (κ1) is 12.6. The number of rotatable bonds is 4. The average molecular weight is 247 g/mol. The second-order valence-corrected chi connectivity index (χ2v) is 4.53. The Balaban J connectivity index is 2.25. The van der Waals surface area contributed by atoms with Crippen LogP contribution in [0.25, 0.3) is 10.9 Å². The Kier molecular flexibility index (Phi) is 3.67. The molecule has 1 heterocycles. The number of aromatic nitrogens is 1. The highest BCUT2D eigenvalue weighted by molar-refractivity contribution is 5.82. The number of fused-ring (bicyclic) bond motifs is 1. The summed E-state index contributed by atoms with van der Waals surface area (Å²) >= 11 is 0. The van der Waals surface area contributed by atoms with E-state index in [4.69, 9.17) is 9.84 Å². The van der Waals surface area contributed by atoms with Crippen molar-refractivity contribution in [2.45, 2.75) is 33.1 Å². The summed E-state index contributed by atoms with van der Waals surface area (Å²) in [7, 11) is 0. The van der Waals surface area contributed by atoms with Crippen molar-refractivity contribution in [3.8, 4) is 0 Å². The smallest absolute Gasteiger partial charge is 0.326 e. The van der Waals surface area contributed by atoms with E-state index < -0.39 is 0 Å². The lowest BCUT2D eigenvalue weighted by Gasteiger charge is -2.09. The molecule has 96 valence electrons. The van der Waals surface area contributed by atoms with Gasteiger partial charge in [0.25, 0.3) is 0 Å². The van der Waals surface area contributed by atoms with E-state index in [2.05, 4.69) is 0 Å². The highest BCUT2D eigenvalue weighted by Crippen LogP contribution is 2.18. The van der Waals surface area contributed by atoms with Gasteiger partial charge in [0.2, 0.25) is 0 Å². The SMILES string of the molecule is CC(C)OC(=O)Cn1ccc2ccc(CO)cc21. The number of esters is 1. The standard InChI is InChI=1S/C14H17NO3/c1-10(2)18-14(17)8-15-6-5-12-4-3-11(9-16)7-13(12)15/h3-7,10,16H,8-9H2,1-2H3. The second-order valence-electron chi connectivity index (χ2n) is 4.53. The molecule has 1 aromatic heterocycles. The first-order valence-electron chi connectivity index (χ1n) is 5.98. The van der Waals surface area contributed by atoms with Gasteiger partial charge in [-0.15, -0.1) is 0 Å². The molecule has 0 radical (unpaired) electrons. The molecule has 0 saturated carbocycles. The molecular formula is C14H17NO3. The Morgan fingerprint density at radius 3 is 2.83 bits per heavy atom. The van der Waals surface area contributed by atoms with Crippen LogP contribution >= 0.6 is 0 Å². The van der Waals surface area contributed by atoms with Crippen molar-refractivity contribution < 1.29 is 14.6 Å². The Hall–Kier alpha value is -1.81. The molecule has 0 fully saturated rings. The number of benzene rings is 1. The van der Waals surface area contributed by atoms with Gasteiger partial charge >= 0.3 is 5.97 Å². The topological polar surface area (TPSA) is 51.5 Å². The highest BCUT2D eigenvalue weighted by atomic mass is 16.5. The summed E-state index contributed by atoms with van der Waals surface area (Å²) in [5.41, 5.74) is 1.77. The van der Waals surface area contributed by atoms with E-state index in [9.17, 15) is 4.79 Å². The highest BCUT2D eigenvalue weighted by Gasteiger charge is 2.09. The van der Waals surface area contributed by atoms with Crippen LogP contribution in [-0.2, 0) is 22.7 Å². The van der Waals surface area contributed by atoms with Gasteiger partial charge in [0.05, 0.1) is 12.7 Å². The summed E-state index contributed by atoms with van der Waals surface area (Å²) in [5.74, 6) is -0.253. The van der Waals surface area contributed by atoms with E-state index in [1.54, 1.807) is 0 Å². The van der Waals surface area contributed by atoms with E-state index in [1.807, 2.05) is 48.9 Å². The lowest BCUT2D eigenvalue weighted by atomic mass is 10.2. The van der Waals surface area contributed by atoms with Gasteiger partial charge < -0.3 is 14.4 Å². The quantitative estimate of drug-likeness (QED) is 0.842. The number of hydrogen-bond donors (Lipinski definition) is 1. The third kappa shape index (κ3) is 2.71. The second kappa shape index (κ2) is 5.23. The fourth-order valence-electron chi connectivity index (χ4n) is 1.90. The average Bonchev–Trinajstić information content (AvgIpc) is 2.70. The summed E-state index contributed by atoms with van der Waals surface area (Å²) < 4.78 is 6.95. The molecule has 2 aromatic rings. The summed E-state index contributed by atoms with van der Waals surface area (Å²) in [6.07, 6.45) is 1.75. The predicted octanol–water partition coefficient (Wildman–Crippen LogP) is 2.09. The first-order chi connectivity index (χ1) is 8.60. The molecule has 0 unspecified atom stereocenters. The van der Waals surface area contributed by atoms with Gasteiger partial charge in [-0.2, -0.15) is 0 Å². The van der Waals surface area contributed by atoms with Gasteiger partial charge in [-0.25, -0.2) is 0 Å². The molecule has 0 saturated heterocycles. The Morgan fingerprint density at radius 1 is 1.39 bits per heavy atom. The van der Waals surface area contributed by atoms with E-state index in [0.717, 1.165) is 16.5 Å². The fraction of sp³-hybridized carbons (Fsp3) is 0.357. The van der Waals surface area contributed by atoms with Crippen molar-refractivity contribution in [3.63, 3.8) is 0 Å². The van der Waals surface area contributed by atoms with Crippen LogP contribution in [0, 0.1) is 0 Å². The molecule has 1 N–H and O–H groups in total. The third-order valence-electron chi connectivity index (χ3n) is 2.69. The van der Waals surface area contributed by atoms with Crippen LogP contribution in [0.2, 0.25) is 0 Å². The monoisotopic (exact) mass is 247 g/mol. The van der Waals surface area contributed by atoms with Crippen molar-refractivity contribution in [2.24, 2.45) is 0 Å². The summed E-state index contributed by atoms with van der Waals surface area (Å²) in [6.45, 7) is 3.85. The maximum Gasteiger partial charge on any atom is 0.326 e. The first-order valence-corrected chi connectivity index (χ1v) is 5.98. The largest absolute Gasteiger partial charge is 0.462 e. The van der Waals surface area contributed by atoms with E-state index in [0.29, 0.717) is 0 Å². The van der Waals surface area contributed by atoms with Crippen molar-refractivity contribution >= 4 is 16.9 Å². The molecule has 4 heteroatoms. The zero-order valence-corrected chi connectivity index (χ0v) is 10.6. The van der Waals surface area contributed by atoms with Gasteiger partial charge in [-0.3, -0.25) is 4.79 Å². The predicted molar refractivity (Wildman–Crippen MR) is 69.1 cm³/mol. The van der Waals surface area contributed by atoms with Crippen LogP contribution < -0.4 is 0 Å². The maximum atomic E-state index is 11.6. The Bertz CT molecular complexity index is 557. The zero-order chi connectivity index (χ0) is 13.1. The Morgan fingerprint density at radius 2 is 2.17 bits per heavy atom. The van der Waals surface area contributed by atoms with E-state index in [1.165, 1.54) is 0 Å². The normalized spacial score (nSPS) is 11.1. The minimum Gasteiger partial charge on any atom is -0.462 e. The van der Waals surface area contributed by atoms with Crippen LogP contribution in [-0.4, -0.2) is 21.7 Å². The number of nitrogens with zero attached hydrogens (tertiary/aromatic N) is 1. The number of carbonyl (C=O) groups excluding carboxylic acids is 1. The van der Waals surface area contributed by atoms with Gasteiger partial charge in [-0.05, 0) is 36.9 Å². The third-order valence-corrected chi connectivity index (χ3v) is 2.69. The fourth-order valence-corrected chi connectivity index (χ4v) is 1.90. The molecule has 0 amide bonds. The number of carbonyl (C=O) groups is 1. The molecule has 18 heavy (non-hydrogen) atoms. The van der Waals surface area contributed by atoms with Crippen molar-refractivity contribution in [2.75, 3.05) is 0 Å². The van der Waals surface area contributed by atoms with Crippen molar-refractivity contribution in [1.82, 2.24) is 4.57 Å². The van der Waals surface area contributed by atoms with E-state index >= 15 is 0 Å². The summed E-state index contributed by atoms with van der Waals surface area (Å²) in [6, 6.07) is 7.64. The molecular weight excluding hydrogens is 230 g/mol. The van der Waals surface area contributed by atoms with Gasteiger partial charge in [0.1, 0.15) is 6.54 Å². The summed E-state index contributed by atoms with van der Waals surface area (Å²) in [4.78, 5) is 11.6. The lowest BCUT2D eigenvalue weighted by Crippen LogP contribution is -2.17. The summed E-state index contributed by atoms with van der Waals surface area (Å²) in [5, 5.41) is 10.2. The van der Waals surface area contributed by atoms with Crippen molar-refractivity contribution in [1.29, 1.82) is 0 Å². The van der Waals surface area contributed by atoms with Crippen molar-refractivity contribution in [3.05, 3.63) is 36.0 Å². The molecule has 0 aliphatic carbocycles. The lowest BCUT2D eigenvalue weighted by molar-refractivity contribution is -0.148. The van der Waals surface area contributed by atoms with Gasteiger partial charge in [0.15, 0.2) is 0 Å². The minimum atomic E-state index is -0.253. The number of aliphatic hydroxyl groups is 1. The van der Waals surface area contributed by atoms with Crippen LogP contribution in [0.15, 0.2) is 30.5 Å². The zero-order valence-electron chi connectivity index (χ0n) is 10.6. The van der Waals surface area contributed by atoms with Crippen LogP contribution in [0.1, 0.15) is 19.4 Å². The molecule has 0 spiro atoms. The molecule has 4 nitrogen and oxygen atoms in total. The number of hydrogen-bond acceptors (Lipinski definition) is 3. The van der Waals surface area contributed by atoms with Crippen LogP contribution in [0.5, 0.6) is 0 Å². The van der Waals surface area contributed by atoms with Gasteiger partial charge in [0, 0.05) is 11.7 Å². The maximum absolute atomic E-state index is 11.6. The Labute approximate surface area is 106 Å². The molecule has 0 bridgehead atoms. The number of aliphatic hydroxyl groups excluding tert-OH is 1. The van der Waals surface area contributed by atoms with Gasteiger partial charge in [-0.1, -0.05) is 12.1 Å².